The molecule has 0 radical (unpaired) electrons. The Hall–Kier alpha value is -3.68. The summed E-state index contributed by atoms with van der Waals surface area (Å²) in [7, 11) is 0. The molecule has 1 atom stereocenters. The van der Waals surface area contributed by atoms with Gasteiger partial charge >= 0.3 is 12.1 Å². The van der Waals surface area contributed by atoms with Crippen molar-refractivity contribution in [3.63, 3.8) is 0 Å². The van der Waals surface area contributed by atoms with Gasteiger partial charge in [-0.25, -0.2) is 9.59 Å². The minimum absolute atomic E-state index is 0.0369. The van der Waals surface area contributed by atoms with E-state index in [-0.39, 0.29) is 43.9 Å². The third kappa shape index (κ3) is 5.22. The average molecular weight is 410 g/mol. The van der Waals surface area contributed by atoms with Crippen molar-refractivity contribution in [3.8, 4) is 0 Å². The van der Waals surface area contributed by atoms with Crippen molar-refractivity contribution in [2.45, 2.75) is 31.9 Å². The quantitative estimate of drug-likeness (QED) is 0.678. The number of aromatic carboxylic acids is 1. The van der Waals surface area contributed by atoms with E-state index in [0.29, 0.717) is 5.56 Å². The van der Waals surface area contributed by atoms with Gasteiger partial charge in [0, 0.05) is 13.0 Å². The predicted octanol–water partition coefficient (Wildman–Crippen LogP) is 2.37. The van der Waals surface area contributed by atoms with E-state index in [1.165, 1.54) is 11.0 Å². The highest BCUT2D eigenvalue weighted by Gasteiger charge is 2.35. The van der Waals surface area contributed by atoms with Gasteiger partial charge < -0.3 is 9.84 Å². The van der Waals surface area contributed by atoms with Gasteiger partial charge in [-0.05, 0) is 30.0 Å². The minimum Gasteiger partial charge on any atom is -0.478 e. The van der Waals surface area contributed by atoms with E-state index < -0.39 is 24.0 Å². The van der Waals surface area contributed by atoms with Crippen LogP contribution in [-0.2, 0) is 27.4 Å². The molecular weight excluding hydrogens is 388 g/mol. The summed E-state index contributed by atoms with van der Waals surface area (Å²) in [6.07, 6.45) is -0.169. The number of carbonyl (C=O) groups is 4. The van der Waals surface area contributed by atoms with Crippen LogP contribution in [0.1, 0.15) is 34.3 Å². The van der Waals surface area contributed by atoms with Gasteiger partial charge in [0.2, 0.25) is 11.8 Å². The zero-order valence-electron chi connectivity index (χ0n) is 16.2. The van der Waals surface area contributed by atoms with Crippen molar-refractivity contribution in [2.24, 2.45) is 0 Å². The molecule has 0 aliphatic carbocycles. The number of nitrogens with zero attached hydrogens (tertiary/aromatic N) is 1. The molecular formula is C22H22N2O6. The lowest BCUT2D eigenvalue weighted by Crippen LogP contribution is -2.54. The maximum absolute atomic E-state index is 12.8. The van der Waals surface area contributed by atoms with Gasteiger partial charge in [-0.2, -0.15) is 0 Å². The number of rotatable bonds is 7. The minimum atomic E-state index is -1.06. The Bertz CT molecular complexity index is 944. The second-order valence-electron chi connectivity index (χ2n) is 6.91. The van der Waals surface area contributed by atoms with E-state index in [1.54, 1.807) is 18.2 Å². The van der Waals surface area contributed by atoms with Gasteiger partial charge in [-0.3, -0.25) is 19.8 Å². The first-order valence-electron chi connectivity index (χ1n) is 9.58. The molecule has 3 rings (SSSR count). The van der Waals surface area contributed by atoms with Crippen molar-refractivity contribution in [1.29, 1.82) is 0 Å². The summed E-state index contributed by atoms with van der Waals surface area (Å²) in [5.41, 5.74) is 1.47. The number of imide groups is 1. The monoisotopic (exact) mass is 410 g/mol. The lowest BCUT2D eigenvalue weighted by Gasteiger charge is -2.32. The lowest BCUT2D eigenvalue weighted by molar-refractivity contribution is -0.137. The van der Waals surface area contributed by atoms with Crippen LogP contribution in [0.15, 0.2) is 54.6 Å². The first-order chi connectivity index (χ1) is 14.5. The van der Waals surface area contributed by atoms with E-state index in [0.717, 1.165) is 5.56 Å². The number of carboxylic acids is 1. The molecule has 1 fully saturated rings. The van der Waals surface area contributed by atoms with E-state index in [1.807, 2.05) is 30.3 Å². The Morgan fingerprint density at radius 1 is 1.07 bits per heavy atom. The molecule has 2 aromatic rings. The van der Waals surface area contributed by atoms with Crippen molar-refractivity contribution in [3.05, 3.63) is 71.3 Å². The van der Waals surface area contributed by atoms with E-state index in [9.17, 15) is 24.3 Å². The van der Waals surface area contributed by atoms with Crippen LogP contribution >= 0.6 is 0 Å². The zero-order valence-corrected chi connectivity index (χ0v) is 16.2. The summed E-state index contributed by atoms with van der Waals surface area (Å²) in [5, 5.41) is 11.6. The second kappa shape index (κ2) is 9.69. The Morgan fingerprint density at radius 3 is 2.47 bits per heavy atom. The summed E-state index contributed by atoms with van der Waals surface area (Å²) in [6.45, 7) is 0.110. The van der Waals surface area contributed by atoms with Gasteiger partial charge in [0.25, 0.3) is 0 Å². The van der Waals surface area contributed by atoms with Crippen LogP contribution in [0.25, 0.3) is 0 Å². The highest BCUT2D eigenvalue weighted by atomic mass is 16.6. The van der Waals surface area contributed by atoms with Gasteiger partial charge in [0.05, 0.1) is 5.56 Å². The fraction of sp³-hybridized carbons (Fsp3) is 0.273. The Labute approximate surface area is 173 Å². The number of carboxylic acid groups (broad SMARTS) is 1. The number of ether oxygens (including phenoxy) is 1. The summed E-state index contributed by atoms with van der Waals surface area (Å²) in [6, 6.07) is 14.8. The molecule has 1 saturated heterocycles. The van der Waals surface area contributed by atoms with Crippen LogP contribution in [0.3, 0.4) is 0 Å². The molecule has 1 heterocycles. The van der Waals surface area contributed by atoms with Crippen LogP contribution in [0.5, 0.6) is 0 Å². The third-order valence-corrected chi connectivity index (χ3v) is 4.90. The first-order valence-corrected chi connectivity index (χ1v) is 9.58. The maximum atomic E-state index is 12.8. The molecule has 156 valence electrons. The van der Waals surface area contributed by atoms with Gasteiger partial charge in [0.15, 0.2) is 0 Å². The standard InChI is InChI=1S/C22H22N2O6/c25-19-11-10-18(20(26)23-19)24(22(29)30-14-15-6-2-1-3-7-15)13-12-16-8-4-5-9-17(16)21(27)28/h1-9,18H,10-14H2,(H,27,28)(H,23,25,26)/t18-/m0/s1. The lowest BCUT2D eigenvalue weighted by atomic mass is 10.0. The number of benzene rings is 2. The Balaban J connectivity index is 1.75. The summed E-state index contributed by atoms with van der Waals surface area (Å²) in [5.74, 6) is -2.01. The highest BCUT2D eigenvalue weighted by molar-refractivity contribution is 6.01. The average Bonchev–Trinajstić information content (AvgIpc) is 2.74. The first kappa shape index (κ1) is 21.0. The SMILES string of the molecule is O=C1CC[C@H](N(CCc2ccccc2C(=O)O)C(=O)OCc2ccccc2)C(=O)N1. The highest BCUT2D eigenvalue weighted by Crippen LogP contribution is 2.17. The second-order valence-corrected chi connectivity index (χ2v) is 6.91. The summed E-state index contributed by atoms with van der Waals surface area (Å²) < 4.78 is 5.39. The maximum Gasteiger partial charge on any atom is 0.410 e. The van der Waals surface area contributed by atoms with Crippen LogP contribution < -0.4 is 5.32 Å². The molecule has 1 aliphatic heterocycles. The molecule has 0 bridgehead atoms. The van der Waals surface area contributed by atoms with Crippen molar-refractivity contribution >= 4 is 23.9 Å². The molecule has 0 spiro atoms. The number of hydrogen-bond acceptors (Lipinski definition) is 5. The van der Waals surface area contributed by atoms with Crippen molar-refractivity contribution in [1.82, 2.24) is 10.2 Å². The van der Waals surface area contributed by atoms with Crippen LogP contribution in [0.4, 0.5) is 4.79 Å². The molecule has 8 heteroatoms. The number of hydrogen-bond donors (Lipinski definition) is 2. The number of carbonyl (C=O) groups excluding carboxylic acids is 3. The van der Waals surface area contributed by atoms with Gasteiger partial charge in [0.1, 0.15) is 12.6 Å². The number of nitrogens with one attached hydrogen (secondary N) is 1. The van der Waals surface area contributed by atoms with Crippen molar-refractivity contribution in [2.75, 3.05) is 6.54 Å². The topological polar surface area (TPSA) is 113 Å². The Morgan fingerprint density at radius 2 is 1.77 bits per heavy atom. The van der Waals surface area contributed by atoms with Crippen LogP contribution in [0.2, 0.25) is 0 Å². The van der Waals surface area contributed by atoms with E-state index >= 15 is 0 Å². The number of amides is 3. The summed E-state index contributed by atoms with van der Waals surface area (Å²) >= 11 is 0. The van der Waals surface area contributed by atoms with Crippen molar-refractivity contribution < 1.29 is 29.0 Å². The third-order valence-electron chi connectivity index (χ3n) is 4.90. The molecule has 2 N–H and O–H groups in total. The van der Waals surface area contributed by atoms with Gasteiger partial charge in [-0.15, -0.1) is 0 Å². The van der Waals surface area contributed by atoms with Gasteiger partial charge in [-0.1, -0.05) is 48.5 Å². The predicted molar refractivity (Wildman–Crippen MR) is 107 cm³/mol. The molecule has 0 unspecified atom stereocenters. The normalized spacial score (nSPS) is 15.9. The molecule has 30 heavy (non-hydrogen) atoms. The molecule has 3 amide bonds. The molecule has 2 aromatic carbocycles. The number of piperidine rings is 1. The molecule has 0 saturated carbocycles. The largest absolute Gasteiger partial charge is 0.478 e. The fourth-order valence-corrected chi connectivity index (χ4v) is 3.34. The van der Waals surface area contributed by atoms with E-state index in [4.69, 9.17) is 4.74 Å². The van der Waals surface area contributed by atoms with Crippen LogP contribution in [-0.4, -0.2) is 46.5 Å². The Kier molecular flexibility index (Phi) is 6.79. The molecule has 8 nitrogen and oxygen atoms in total. The van der Waals surface area contributed by atoms with Crippen LogP contribution in [0, 0.1) is 0 Å². The fourth-order valence-electron chi connectivity index (χ4n) is 3.34. The van der Waals surface area contributed by atoms with E-state index in [2.05, 4.69) is 5.32 Å². The zero-order chi connectivity index (χ0) is 21.5. The molecule has 0 aromatic heterocycles. The molecule has 1 aliphatic rings. The smallest absolute Gasteiger partial charge is 0.410 e. The summed E-state index contributed by atoms with van der Waals surface area (Å²) in [4.78, 5) is 49.3.